The molecule has 1 aromatic rings. The monoisotopic (exact) mass is 296 g/mol. The van der Waals surface area contributed by atoms with Crippen molar-refractivity contribution in [3.8, 4) is 0 Å². The Labute approximate surface area is 128 Å². The third-order valence-corrected chi connectivity index (χ3v) is 3.63. The average molecular weight is 296 g/mol. The molecule has 1 atom stereocenters. The zero-order valence-corrected chi connectivity index (χ0v) is 12.4. The highest BCUT2D eigenvalue weighted by Gasteiger charge is 2.34. The van der Waals surface area contributed by atoms with Crippen LogP contribution in [-0.4, -0.2) is 29.9 Å². The summed E-state index contributed by atoms with van der Waals surface area (Å²) in [5.41, 5.74) is 2.43. The zero-order chi connectivity index (χ0) is 15.7. The molecule has 0 aliphatic carbocycles. The fourth-order valence-electron chi connectivity index (χ4n) is 2.47. The van der Waals surface area contributed by atoms with Gasteiger partial charge in [-0.2, -0.15) is 0 Å². The summed E-state index contributed by atoms with van der Waals surface area (Å²) in [7, 11) is 0. The van der Waals surface area contributed by atoms with Crippen molar-refractivity contribution < 1.29 is 9.59 Å². The lowest BCUT2D eigenvalue weighted by atomic mass is 9.98. The number of nitrogens with one attached hydrogen (secondary N) is 2. The van der Waals surface area contributed by atoms with Gasteiger partial charge in [0.1, 0.15) is 17.6 Å². The second kappa shape index (κ2) is 5.55. The standard InChI is InChI=1S/C16H16N4O2/c1-9(21)11-3-5-13(6-4-11)17-7-12-8-18-15-14(12)16(22)20-10(2)19-15/h3-6,8,14,17H,7H2,1-2H3,(H,18,19,20,22). The maximum atomic E-state index is 12.0. The summed E-state index contributed by atoms with van der Waals surface area (Å²) in [4.78, 5) is 31.8. The summed E-state index contributed by atoms with van der Waals surface area (Å²) in [5.74, 6) is 0.652. The van der Waals surface area contributed by atoms with Crippen molar-refractivity contribution in [3.05, 3.63) is 41.6 Å². The Morgan fingerprint density at radius 3 is 2.73 bits per heavy atom. The van der Waals surface area contributed by atoms with Crippen LogP contribution in [0.25, 0.3) is 0 Å². The van der Waals surface area contributed by atoms with E-state index < -0.39 is 5.92 Å². The first kappa shape index (κ1) is 14.2. The molecule has 2 aliphatic rings. The number of hydrogen-bond acceptors (Lipinski definition) is 5. The number of carbonyl (C=O) groups excluding carboxylic acids is 2. The molecule has 6 heteroatoms. The molecule has 0 bridgehead atoms. The van der Waals surface area contributed by atoms with Gasteiger partial charge < -0.3 is 10.6 Å². The lowest BCUT2D eigenvalue weighted by Crippen LogP contribution is -2.43. The SMILES string of the molecule is CC(=O)c1ccc(NCC2=CN=C3N=C(C)NC(=O)C23)cc1. The maximum absolute atomic E-state index is 12.0. The average Bonchev–Trinajstić information content (AvgIpc) is 2.88. The van der Waals surface area contributed by atoms with E-state index in [9.17, 15) is 9.59 Å². The second-order valence-corrected chi connectivity index (χ2v) is 5.30. The summed E-state index contributed by atoms with van der Waals surface area (Å²) in [6.07, 6.45) is 1.69. The van der Waals surface area contributed by atoms with Gasteiger partial charge in [0, 0.05) is 24.0 Å². The first-order valence-corrected chi connectivity index (χ1v) is 7.02. The fraction of sp³-hybridized carbons (Fsp3) is 0.250. The van der Waals surface area contributed by atoms with Crippen molar-refractivity contribution >= 4 is 29.0 Å². The van der Waals surface area contributed by atoms with Crippen LogP contribution in [0.1, 0.15) is 24.2 Å². The van der Waals surface area contributed by atoms with E-state index in [0.29, 0.717) is 23.8 Å². The highest BCUT2D eigenvalue weighted by Crippen LogP contribution is 2.24. The zero-order valence-electron chi connectivity index (χ0n) is 12.4. The molecule has 2 heterocycles. The van der Waals surface area contributed by atoms with Crippen molar-refractivity contribution in [1.82, 2.24) is 5.32 Å². The van der Waals surface area contributed by atoms with E-state index in [-0.39, 0.29) is 11.7 Å². The molecule has 2 N–H and O–H groups in total. The Morgan fingerprint density at radius 1 is 1.32 bits per heavy atom. The van der Waals surface area contributed by atoms with Crippen molar-refractivity contribution in [1.29, 1.82) is 0 Å². The largest absolute Gasteiger partial charge is 0.381 e. The van der Waals surface area contributed by atoms with E-state index in [2.05, 4.69) is 20.6 Å². The Balaban J connectivity index is 1.66. The normalized spacial score (nSPS) is 19.6. The third kappa shape index (κ3) is 2.67. The van der Waals surface area contributed by atoms with Gasteiger partial charge in [0.15, 0.2) is 5.78 Å². The summed E-state index contributed by atoms with van der Waals surface area (Å²) < 4.78 is 0. The molecule has 0 fully saturated rings. The van der Waals surface area contributed by atoms with Gasteiger partial charge in [-0.3, -0.25) is 9.59 Å². The molecule has 3 rings (SSSR count). The van der Waals surface area contributed by atoms with E-state index in [1.807, 2.05) is 12.1 Å². The van der Waals surface area contributed by atoms with Gasteiger partial charge in [0.2, 0.25) is 5.91 Å². The van der Waals surface area contributed by atoms with Crippen LogP contribution in [0.2, 0.25) is 0 Å². The van der Waals surface area contributed by atoms with Crippen LogP contribution in [0.4, 0.5) is 5.69 Å². The van der Waals surface area contributed by atoms with Crippen LogP contribution < -0.4 is 10.6 Å². The molecule has 0 saturated carbocycles. The molecule has 22 heavy (non-hydrogen) atoms. The quantitative estimate of drug-likeness (QED) is 0.830. The minimum Gasteiger partial charge on any atom is -0.381 e. The van der Waals surface area contributed by atoms with E-state index in [0.717, 1.165) is 11.3 Å². The lowest BCUT2D eigenvalue weighted by molar-refractivity contribution is -0.120. The number of anilines is 1. The fourth-order valence-corrected chi connectivity index (χ4v) is 2.47. The lowest BCUT2D eigenvalue weighted by Gasteiger charge is -2.20. The Hall–Kier alpha value is -2.76. The van der Waals surface area contributed by atoms with E-state index in [1.165, 1.54) is 6.92 Å². The van der Waals surface area contributed by atoms with Gasteiger partial charge in [-0.15, -0.1) is 0 Å². The molecule has 6 nitrogen and oxygen atoms in total. The molecule has 2 aliphatic heterocycles. The smallest absolute Gasteiger partial charge is 0.240 e. The topological polar surface area (TPSA) is 82.9 Å². The van der Waals surface area contributed by atoms with Crippen molar-refractivity contribution in [2.45, 2.75) is 13.8 Å². The molecule has 1 aromatic carbocycles. The van der Waals surface area contributed by atoms with Crippen LogP contribution in [0, 0.1) is 5.92 Å². The number of amidine groups is 2. The summed E-state index contributed by atoms with van der Waals surface area (Å²) in [6.45, 7) is 3.78. The number of aliphatic imine (C=N–C) groups is 2. The maximum Gasteiger partial charge on any atom is 0.240 e. The summed E-state index contributed by atoms with van der Waals surface area (Å²) >= 11 is 0. The number of Topliss-reactive ketones (excluding diaryl/α,β-unsaturated/α-hetero) is 1. The Bertz CT molecular complexity index is 729. The van der Waals surface area contributed by atoms with E-state index in [4.69, 9.17) is 0 Å². The van der Waals surface area contributed by atoms with Crippen molar-refractivity contribution in [2.75, 3.05) is 11.9 Å². The van der Waals surface area contributed by atoms with Crippen molar-refractivity contribution in [2.24, 2.45) is 15.9 Å². The van der Waals surface area contributed by atoms with E-state index >= 15 is 0 Å². The minimum absolute atomic E-state index is 0.0372. The van der Waals surface area contributed by atoms with Crippen LogP contribution in [-0.2, 0) is 4.79 Å². The number of nitrogens with zero attached hydrogens (tertiary/aromatic N) is 2. The molecule has 112 valence electrons. The van der Waals surface area contributed by atoms with Crippen LogP contribution in [0.5, 0.6) is 0 Å². The van der Waals surface area contributed by atoms with Gasteiger partial charge in [0.05, 0.1) is 0 Å². The number of amides is 1. The Morgan fingerprint density at radius 2 is 2.05 bits per heavy atom. The molecule has 0 spiro atoms. The second-order valence-electron chi connectivity index (χ2n) is 5.30. The molecular formula is C16H16N4O2. The number of rotatable bonds is 4. The molecule has 0 aromatic heterocycles. The molecule has 1 amide bonds. The molecular weight excluding hydrogens is 280 g/mol. The molecule has 1 unspecified atom stereocenters. The van der Waals surface area contributed by atoms with Gasteiger partial charge in [-0.25, -0.2) is 9.98 Å². The van der Waals surface area contributed by atoms with Crippen LogP contribution in [0.3, 0.4) is 0 Å². The Kier molecular flexibility index (Phi) is 3.58. The molecule has 0 radical (unpaired) electrons. The van der Waals surface area contributed by atoms with Crippen LogP contribution in [0.15, 0.2) is 46.0 Å². The number of hydrogen-bond donors (Lipinski definition) is 2. The van der Waals surface area contributed by atoms with Crippen LogP contribution >= 0.6 is 0 Å². The first-order chi connectivity index (χ1) is 10.5. The van der Waals surface area contributed by atoms with Gasteiger partial charge in [-0.1, -0.05) is 0 Å². The summed E-state index contributed by atoms with van der Waals surface area (Å²) in [6, 6.07) is 7.24. The number of benzene rings is 1. The highest BCUT2D eigenvalue weighted by molar-refractivity contribution is 6.19. The predicted octanol–water partition coefficient (Wildman–Crippen LogP) is 1.76. The van der Waals surface area contributed by atoms with Crippen molar-refractivity contribution in [3.63, 3.8) is 0 Å². The third-order valence-electron chi connectivity index (χ3n) is 3.63. The van der Waals surface area contributed by atoms with Gasteiger partial charge in [-0.05, 0) is 43.7 Å². The highest BCUT2D eigenvalue weighted by atomic mass is 16.2. The number of ketones is 1. The van der Waals surface area contributed by atoms with Gasteiger partial charge >= 0.3 is 0 Å². The van der Waals surface area contributed by atoms with Gasteiger partial charge in [0.25, 0.3) is 0 Å². The van der Waals surface area contributed by atoms with E-state index in [1.54, 1.807) is 25.3 Å². The first-order valence-electron chi connectivity index (χ1n) is 7.02. The summed E-state index contributed by atoms with van der Waals surface area (Å²) in [5, 5.41) is 5.96. The number of carbonyl (C=O) groups is 2. The minimum atomic E-state index is -0.410. The predicted molar refractivity (Wildman–Crippen MR) is 85.2 cm³/mol. The number of fused-ring (bicyclic) bond motifs is 1. The molecule has 0 saturated heterocycles.